The van der Waals surface area contributed by atoms with Gasteiger partial charge in [-0.05, 0) is 228 Å². The number of pyridine rings is 8. The number of para-hydroxylation sites is 4. The number of hydrogen-bond donors (Lipinski definition) is 0. The minimum Gasteiger partial charge on any atom is -0.314 e. The van der Waals surface area contributed by atoms with E-state index in [4.69, 9.17) is 0 Å². The fourth-order valence-corrected chi connectivity index (χ4v) is 20.6. The van der Waals surface area contributed by atoms with Gasteiger partial charge in [0.05, 0.1) is 26.2 Å². The predicted octanol–water partition coefficient (Wildman–Crippen LogP) is 31.8. The molecule has 0 bridgehead atoms. The van der Waals surface area contributed by atoms with Crippen molar-refractivity contribution >= 4 is 134 Å². The van der Waals surface area contributed by atoms with Gasteiger partial charge in [0.15, 0.2) is 0 Å². The van der Waals surface area contributed by atoms with E-state index in [1.165, 1.54) is 40.4 Å². The SMILES string of the molecule is Cc1ccc(Sc2[c-]c(-c3[c-]c4c(cc3)c3ccccc3n4-c3cc(C)ccn3)ccc2)nc1.Cc1ccnc(-n2c3[c-]c(-c4[c-]c(Sc5cc(C(F)(F)F)ccn5)ccc4)ccc3c3ccccc32)c1.Cc1ccnc(-n2c3[c-]c(-c4[c-]c(Sc5cccc(C)n5)ccc4)ccc3c3ccccc32)c1.Cc1ccnc(-n2c3[c-]c(-c4[c-]c(Sc5ncccc5C(F)(F)F)ccc4)ccc3c3ccccc32)c1.[Pt+2].[Pt+2].[Pt+2].[Pt+2]. The van der Waals surface area contributed by atoms with Crippen LogP contribution in [-0.4, -0.2) is 58.1 Å². The Bertz CT molecular complexity index is 8940. The average Bonchev–Trinajstić information content (AvgIpc) is 1.60. The quantitative estimate of drug-likeness (QED) is 0.0676. The first-order valence-electron chi connectivity index (χ1n) is 45.3. The number of aromatic nitrogens is 12. The normalized spacial score (nSPS) is 11.3. The molecule has 24 rings (SSSR count). The van der Waals surface area contributed by atoms with E-state index in [2.05, 4.69) is 278 Å². The predicted molar refractivity (Wildman–Crippen MR) is 559 cm³/mol. The molecular weight excluding hydrogens is 2630 g/mol. The average molecular weight is 2710 g/mol. The van der Waals surface area contributed by atoms with Gasteiger partial charge in [-0.3, -0.25) is 0 Å². The van der Waals surface area contributed by atoms with Crippen LogP contribution in [0.4, 0.5) is 26.3 Å². The van der Waals surface area contributed by atoms with Gasteiger partial charge in [0, 0.05) is 71.1 Å². The summed E-state index contributed by atoms with van der Waals surface area (Å²) >= 11 is 5.33. The molecule has 0 saturated heterocycles. The minimum absolute atomic E-state index is 0. The van der Waals surface area contributed by atoms with E-state index in [9.17, 15) is 26.3 Å². The zero-order valence-electron chi connectivity index (χ0n) is 78.2. The molecule has 26 heteroatoms. The molecule has 0 atom stereocenters. The van der Waals surface area contributed by atoms with Gasteiger partial charge >= 0.3 is 96.6 Å². The number of fused-ring (bicyclic) bond motifs is 12. The Morgan fingerprint density at radius 3 is 0.918 bits per heavy atom. The van der Waals surface area contributed by atoms with Gasteiger partial charge < -0.3 is 18.3 Å². The van der Waals surface area contributed by atoms with Crippen LogP contribution in [0.25, 0.3) is 155 Å². The smallest absolute Gasteiger partial charge is 0.314 e. The Morgan fingerprint density at radius 2 is 0.575 bits per heavy atom. The zero-order chi connectivity index (χ0) is 97.3. The van der Waals surface area contributed by atoms with Crippen LogP contribution in [0.15, 0.2) is 405 Å². The maximum absolute atomic E-state index is 13.5. The van der Waals surface area contributed by atoms with Crippen molar-refractivity contribution in [2.75, 3.05) is 0 Å². The summed E-state index contributed by atoms with van der Waals surface area (Å²) in [5, 5.41) is 11.1. The van der Waals surface area contributed by atoms with Crippen LogP contribution < -0.4 is 0 Å². The summed E-state index contributed by atoms with van der Waals surface area (Å²) < 4.78 is 88.3. The van der Waals surface area contributed by atoms with Crippen molar-refractivity contribution in [2.24, 2.45) is 0 Å². The summed E-state index contributed by atoms with van der Waals surface area (Å²) in [6, 6.07) is 132. The molecule has 24 aromatic rings. The molecule has 0 aliphatic heterocycles. The van der Waals surface area contributed by atoms with Gasteiger partial charge in [0.2, 0.25) is 0 Å². The largest absolute Gasteiger partial charge is 2.00 e. The Kier molecular flexibility index (Phi) is 32.4. The zero-order valence-corrected chi connectivity index (χ0v) is 90.5. The summed E-state index contributed by atoms with van der Waals surface area (Å²) in [5.74, 6) is 3.41. The minimum atomic E-state index is -4.48. The molecule has 0 unspecified atom stereocenters. The first-order valence-corrected chi connectivity index (χ1v) is 48.6. The van der Waals surface area contributed by atoms with Crippen molar-refractivity contribution in [3.8, 4) is 67.8 Å². The van der Waals surface area contributed by atoms with Crippen LogP contribution in [-0.2, 0) is 96.6 Å². The van der Waals surface area contributed by atoms with E-state index in [0.717, 1.165) is 228 Å². The number of hydrogen-bond acceptors (Lipinski definition) is 12. The van der Waals surface area contributed by atoms with E-state index < -0.39 is 23.5 Å². The topological polar surface area (TPSA) is 123 Å². The van der Waals surface area contributed by atoms with Gasteiger partial charge in [0.1, 0.15) is 28.3 Å². The number of aryl methyl sites for hydroxylation is 6. The molecule has 724 valence electrons. The molecule has 146 heavy (non-hydrogen) atoms. The van der Waals surface area contributed by atoms with Crippen molar-refractivity contribution < 1.29 is 111 Å². The van der Waals surface area contributed by atoms with E-state index in [-0.39, 0.29) is 94.3 Å². The Morgan fingerprint density at radius 1 is 0.240 bits per heavy atom. The Balaban J connectivity index is 0.000000132. The molecule has 0 saturated carbocycles. The van der Waals surface area contributed by atoms with Crippen molar-refractivity contribution in [3.63, 3.8) is 0 Å². The van der Waals surface area contributed by atoms with Crippen molar-refractivity contribution in [1.82, 2.24) is 58.1 Å². The van der Waals surface area contributed by atoms with Crippen molar-refractivity contribution in [3.05, 3.63) is 458 Å². The molecule has 12 nitrogen and oxygen atoms in total. The van der Waals surface area contributed by atoms with E-state index >= 15 is 0 Å². The number of halogens is 6. The number of benzene rings is 12. The fraction of sp³-hybridized carbons (Fsp3) is 0.0667. The third-order valence-electron chi connectivity index (χ3n) is 23.8. The van der Waals surface area contributed by atoms with E-state index in [1.54, 1.807) is 48.1 Å². The van der Waals surface area contributed by atoms with E-state index in [0.29, 0.717) is 9.79 Å². The van der Waals surface area contributed by atoms with Crippen LogP contribution in [0, 0.1) is 90.1 Å². The first-order chi connectivity index (χ1) is 69.1. The summed E-state index contributed by atoms with van der Waals surface area (Å²) in [6.07, 6.45) is 2.85. The second-order valence-electron chi connectivity index (χ2n) is 33.9. The molecule has 0 radical (unpaired) electrons. The maximum Gasteiger partial charge on any atom is 2.00 e. The van der Waals surface area contributed by atoms with Gasteiger partial charge in [-0.1, -0.05) is 173 Å². The second kappa shape index (κ2) is 45.4. The van der Waals surface area contributed by atoms with Crippen molar-refractivity contribution in [2.45, 2.75) is 93.6 Å². The molecule has 12 aromatic heterocycles. The van der Waals surface area contributed by atoms with Gasteiger partial charge in [-0.2, -0.15) is 148 Å². The molecule has 0 amide bonds. The molecular formula is C120H78F6N12Pt4S4. The molecule has 0 aliphatic carbocycles. The maximum atomic E-state index is 13.5. The Hall–Kier alpha value is -13.2. The second-order valence-corrected chi connectivity index (χ2v) is 38.1. The fourth-order valence-electron chi connectivity index (χ4n) is 17.2. The van der Waals surface area contributed by atoms with E-state index in [1.807, 2.05) is 174 Å². The van der Waals surface area contributed by atoms with Crippen LogP contribution in [0.1, 0.15) is 44.6 Å². The monoisotopic (exact) mass is 2710 g/mol. The molecule has 0 N–H and O–H groups in total. The van der Waals surface area contributed by atoms with Gasteiger partial charge in [0.25, 0.3) is 0 Å². The standard InChI is InChI=1S/2C30H18F3N3S.2C30H21N3S.4Pt/c1-19-13-15-34-28(16-19)36-26-10-3-2-8-23(26)24-12-11-21(18-27(24)36)20-6-4-7-22(17-20)37-29-25(30(31,32)33)9-5-14-35-29;1-19-11-13-34-28(15-19)36-26-8-3-2-7-24(26)25-10-9-21(17-27(25)36)20-5-4-6-23(16-20)37-29-18-22(12-14-35-29)30(31,32)33;1-20-15-16-31-29(17-20)33-27-11-4-3-10-25(27)26-14-13-23(19-28(26)33)22-8-6-9-24(18-22)34-30-12-5-7-21(2)32-30;1-20-14-15-31-29(16-20)33-27-9-4-3-8-25(27)26-12-11-23(18-28(26)33)22-6-5-7-24(17-22)34-30-13-10-21(2)19-32-30;;;;/h2-16H,1H3;2-15,18H,1H3;3-17H,1-2H3;3-16,19H,1-2H3;;;;/q4*-2;4*+2. The molecule has 12 heterocycles. The molecule has 0 aliphatic rings. The number of nitrogens with zero attached hydrogens (tertiary/aromatic N) is 12. The first kappa shape index (κ1) is 104. The summed E-state index contributed by atoms with van der Waals surface area (Å²) in [6.45, 7) is 12.3. The molecule has 0 fully saturated rings. The molecule has 12 aromatic carbocycles. The number of rotatable bonds is 16. The third kappa shape index (κ3) is 22.7. The third-order valence-corrected chi connectivity index (χ3v) is 27.5. The van der Waals surface area contributed by atoms with Crippen LogP contribution in [0.5, 0.6) is 0 Å². The summed E-state index contributed by atoms with van der Waals surface area (Å²) in [7, 11) is 0. The van der Waals surface area contributed by atoms with Crippen LogP contribution in [0.2, 0.25) is 0 Å². The molecule has 0 spiro atoms. The van der Waals surface area contributed by atoms with Crippen molar-refractivity contribution in [1.29, 1.82) is 0 Å². The van der Waals surface area contributed by atoms with Crippen LogP contribution in [0.3, 0.4) is 0 Å². The number of alkyl halides is 6. The van der Waals surface area contributed by atoms with Gasteiger partial charge in [-0.25, -0.2) is 84.4 Å². The summed E-state index contributed by atoms with van der Waals surface area (Å²) in [4.78, 5) is 39.0. The van der Waals surface area contributed by atoms with Crippen LogP contribution >= 0.6 is 47.0 Å². The summed E-state index contributed by atoms with van der Waals surface area (Å²) in [5.41, 5.74) is 20.5. The van der Waals surface area contributed by atoms with Gasteiger partial charge in [-0.15, -0.1) is 48.5 Å². The Labute approximate surface area is 913 Å².